The van der Waals surface area contributed by atoms with Crippen molar-refractivity contribution < 1.29 is 8.78 Å². The van der Waals surface area contributed by atoms with E-state index < -0.39 is 11.6 Å². The monoisotopic (exact) mass is 288 g/mol. The molecular weight excluding hydrogens is 270 g/mol. The maximum Gasteiger partial charge on any atom is 0.159 e. The van der Waals surface area contributed by atoms with Crippen molar-refractivity contribution in [2.45, 2.75) is 25.4 Å². The van der Waals surface area contributed by atoms with Gasteiger partial charge in [-0.25, -0.2) is 8.78 Å². The van der Waals surface area contributed by atoms with Crippen LogP contribution < -0.4 is 5.32 Å². The Morgan fingerprint density at radius 3 is 2.84 bits per heavy atom. The van der Waals surface area contributed by atoms with Crippen LogP contribution in [-0.4, -0.2) is 30.6 Å². The molecule has 0 aliphatic carbocycles. The van der Waals surface area contributed by atoms with Gasteiger partial charge in [0.25, 0.3) is 0 Å². The minimum absolute atomic E-state index is 0. The zero-order valence-corrected chi connectivity index (χ0v) is 11.6. The van der Waals surface area contributed by atoms with Crippen LogP contribution in [0.15, 0.2) is 18.2 Å². The topological polar surface area (TPSA) is 15.3 Å². The van der Waals surface area contributed by atoms with E-state index in [1.807, 2.05) is 0 Å². The highest BCUT2D eigenvalue weighted by molar-refractivity contribution is 5.85. The third-order valence-corrected chi connectivity index (χ3v) is 4.13. The maximum absolute atomic E-state index is 13.1. The summed E-state index contributed by atoms with van der Waals surface area (Å²) in [6.07, 6.45) is 2.40. The fraction of sp³-hybridized carbons (Fsp3) is 0.571. The van der Waals surface area contributed by atoms with Crippen molar-refractivity contribution in [2.24, 2.45) is 5.92 Å². The number of fused-ring (bicyclic) bond motifs is 1. The van der Waals surface area contributed by atoms with Crippen LogP contribution in [0.25, 0.3) is 0 Å². The zero-order chi connectivity index (χ0) is 12.5. The molecule has 2 aliphatic rings. The molecule has 0 saturated carbocycles. The van der Waals surface area contributed by atoms with Crippen molar-refractivity contribution in [1.82, 2.24) is 10.2 Å². The molecule has 3 rings (SSSR count). The average Bonchev–Trinajstić information content (AvgIpc) is 2.81. The summed E-state index contributed by atoms with van der Waals surface area (Å²) in [6.45, 7) is 3.94. The molecule has 106 valence electrons. The molecule has 1 aromatic rings. The Hall–Kier alpha value is -0.710. The zero-order valence-electron chi connectivity index (χ0n) is 10.7. The number of hydrogen-bond donors (Lipinski definition) is 1. The van der Waals surface area contributed by atoms with E-state index >= 15 is 0 Å². The van der Waals surface area contributed by atoms with Gasteiger partial charge in [-0.1, -0.05) is 6.07 Å². The predicted molar refractivity (Wildman–Crippen MR) is 73.4 cm³/mol. The van der Waals surface area contributed by atoms with Crippen LogP contribution in [0.2, 0.25) is 0 Å². The van der Waals surface area contributed by atoms with E-state index in [-0.39, 0.29) is 12.4 Å². The van der Waals surface area contributed by atoms with Gasteiger partial charge >= 0.3 is 0 Å². The molecule has 1 N–H and O–H groups in total. The maximum atomic E-state index is 13.1. The Morgan fingerprint density at radius 2 is 2.05 bits per heavy atom. The summed E-state index contributed by atoms with van der Waals surface area (Å²) in [5, 5.41) is 3.52. The smallest absolute Gasteiger partial charge is 0.159 e. The first-order valence-corrected chi connectivity index (χ1v) is 6.62. The van der Waals surface area contributed by atoms with E-state index in [9.17, 15) is 8.78 Å². The molecule has 2 saturated heterocycles. The normalized spacial score (nSPS) is 26.8. The number of piperidine rings is 1. The number of nitrogens with one attached hydrogen (secondary N) is 1. The van der Waals surface area contributed by atoms with Crippen LogP contribution in [0.4, 0.5) is 8.78 Å². The summed E-state index contributed by atoms with van der Waals surface area (Å²) in [4.78, 5) is 2.35. The fourth-order valence-electron chi connectivity index (χ4n) is 3.16. The van der Waals surface area contributed by atoms with Gasteiger partial charge in [0.1, 0.15) is 0 Å². The standard InChI is InChI=1S/C14H18F2N2.ClH/c15-12-2-1-10(7-13(12)16)8-18-6-4-14-11(9-18)3-5-17-14;/h1-2,7,11,14,17H,3-6,8-9H2;1H. The van der Waals surface area contributed by atoms with Crippen molar-refractivity contribution >= 4 is 12.4 Å². The van der Waals surface area contributed by atoms with Gasteiger partial charge in [0, 0.05) is 19.1 Å². The molecule has 0 amide bonds. The minimum atomic E-state index is -0.766. The highest BCUT2D eigenvalue weighted by atomic mass is 35.5. The van der Waals surface area contributed by atoms with Crippen molar-refractivity contribution in [3.8, 4) is 0 Å². The van der Waals surface area contributed by atoms with Gasteiger partial charge in [-0.15, -0.1) is 12.4 Å². The second-order valence-corrected chi connectivity index (χ2v) is 5.38. The van der Waals surface area contributed by atoms with Crippen molar-refractivity contribution in [3.63, 3.8) is 0 Å². The molecule has 2 atom stereocenters. The summed E-state index contributed by atoms with van der Waals surface area (Å²) in [7, 11) is 0. The number of rotatable bonds is 2. The van der Waals surface area contributed by atoms with Gasteiger partial charge in [0.05, 0.1) is 0 Å². The van der Waals surface area contributed by atoms with Crippen molar-refractivity contribution in [2.75, 3.05) is 19.6 Å². The molecular formula is C14H19ClF2N2. The van der Waals surface area contributed by atoms with Gasteiger partial charge < -0.3 is 5.32 Å². The number of hydrogen-bond acceptors (Lipinski definition) is 2. The molecule has 0 spiro atoms. The molecule has 19 heavy (non-hydrogen) atoms. The van der Waals surface area contributed by atoms with E-state index in [4.69, 9.17) is 0 Å². The Balaban J connectivity index is 0.00000133. The summed E-state index contributed by atoms with van der Waals surface area (Å²) >= 11 is 0. The van der Waals surface area contributed by atoms with Crippen LogP contribution >= 0.6 is 12.4 Å². The molecule has 0 aromatic heterocycles. The Kier molecular flexibility index (Phi) is 4.76. The minimum Gasteiger partial charge on any atom is -0.314 e. The van der Waals surface area contributed by atoms with Crippen LogP contribution in [0.1, 0.15) is 18.4 Å². The Bertz CT molecular complexity index is 441. The van der Waals surface area contributed by atoms with Crippen LogP contribution in [0, 0.1) is 17.6 Å². The Labute approximate surface area is 118 Å². The molecule has 2 heterocycles. The lowest BCUT2D eigenvalue weighted by molar-refractivity contribution is 0.156. The van der Waals surface area contributed by atoms with Crippen LogP contribution in [0.5, 0.6) is 0 Å². The molecule has 2 aliphatic heterocycles. The molecule has 2 unspecified atom stereocenters. The van der Waals surface area contributed by atoms with Gasteiger partial charge in [-0.3, -0.25) is 4.90 Å². The van der Waals surface area contributed by atoms with Crippen molar-refractivity contribution in [1.29, 1.82) is 0 Å². The largest absolute Gasteiger partial charge is 0.314 e. The Morgan fingerprint density at radius 1 is 1.21 bits per heavy atom. The average molecular weight is 289 g/mol. The van der Waals surface area contributed by atoms with Gasteiger partial charge in [-0.05, 0) is 49.5 Å². The predicted octanol–water partition coefficient (Wildman–Crippen LogP) is 2.57. The number of halogens is 3. The molecule has 0 radical (unpaired) electrons. The second kappa shape index (κ2) is 6.16. The number of nitrogens with zero attached hydrogens (tertiary/aromatic N) is 1. The molecule has 1 aromatic carbocycles. The van der Waals surface area contributed by atoms with Crippen molar-refractivity contribution in [3.05, 3.63) is 35.4 Å². The van der Waals surface area contributed by atoms with Gasteiger partial charge in [0.2, 0.25) is 0 Å². The summed E-state index contributed by atoms with van der Waals surface area (Å²) < 4.78 is 26.0. The summed E-state index contributed by atoms with van der Waals surface area (Å²) in [5.74, 6) is -0.786. The van der Waals surface area contributed by atoms with Crippen LogP contribution in [-0.2, 0) is 6.54 Å². The second-order valence-electron chi connectivity index (χ2n) is 5.38. The molecule has 2 fully saturated rings. The van der Waals surface area contributed by atoms with Gasteiger partial charge in [-0.2, -0.15) is 0 Å². The lowest BCUT2D eigenvalue weighted by Gasteiger charge is -2.34. The van der Waals surface area contributed by atoms with E-state index in [0.29, 0.717) is 6.04 Å². The van der Waals surface area contributed by atoms with Crippen LogP contribution in [0.3, 0.4) is 0 Å². The molecule has 0 bridgehead atoms. The van der Waals surface area contributed by atoms with E-state index in [1.165, 1.54) is 18.6 Å². The number of likely N-dealkylation sites (tertiary alicyclic amines) is 1. The molecule has 2 nitrogen and oxygen atoms in total. The lowest BCUT2D eigenvalue weighted by Crippen LogP contribution is -2.43. The van der Waals surface area contributed by atoms with E-state index in [1.54, 1.807) is 6.07 Å². The first-order valence-electron chi connectivity index (χ1n) is 6.62. The highest BCUT2D eigenvalue weighted by Crippen LogP contribution is 2.25. The SMILES string of the molecule is Cl.Fc1ccc(CN2CCC3NCCC3C2)cc1F. The fourth-order valence-corrected chi connectivity index (χ4v) is 3.16. The lowest BCUT2D eigenvalue weighted by atomic mass is 9.93. The molecule has 5 heteroatoms. The first kappa shape index (κ1) is 14.7. The highest BCUT2D eigenvalue weighted by Gasteiger charge is 2.32. The third-order valence-electron chi connectivity index (χ3n) is 4.13. The van der Waals surface area contributed by atoms with Gasteiger partial charge in [0.15, 0.2) is 11.6 Å². The quantitative estimate of drug-likeness (QED) is 0.900. The first-order chi connectivity index (χ1) is 8.72. The summed E-state index contributed by atoms with van der Waals surface area (Å²) in [5.41, 5.74) is 0.860. The summed E-state index contributed by atoms with van der Waals surface area (Å²) in [6, 6.07) is 4.88. The van der Waals surface area contributed by atoms with E-state index in [2.05, 4.69) is 10.2 Å². The van der Waals surface area contributed by atoms with E-state index in [0.717, 1.165) is 44.1 Å². The third kappa shape index (κ3) is 3.25. The number of benzene rings is 1.